The molecule has 2 aromatic carbocycles. The summed E-state index contributed by atoms with van der Waals surface area (Å²) >= 11 is 6.03. The fourth-order valence-electron chi connectivity index (χ4n) is 4.54. The van der Waals surface area contributed by atoms with E-state index in [1.54, 1.807) is 35.0 Å². The highest BCUT2D eigenvalue weighted by atomic mass is 35.5. The summed E-state index contributed by atoms with van der Waals surface area (Å²) in [6.45, 7) is 0.482. The van der Waals surface area contributed by atoms with Gasteiger partial charge in [0.25, 0.3) is 5.91 Å². The highest BCUT2D eigenvalue weighted by molar-refractivity contribution is 6.30. The minimum absolute atomic E-state index is 0.0443. The Labute approximate surface area is 173 Å². The molecule has 29 heavy (non-hydrogen) atoms. The minimum atomic E-state index is -0.325. The second-order valence-electron chi connectivity index (χ2n) is 7.77. The van der Waals surface area contributed by atoms with Crippen molar-refractivity contribution >= 4 is 17.5 Å². The number of carbonyl (C=O) groups excluding carboxylic acids is 1. The van der Waals surface area contributed by atoms with Crippen molar-refractivity contribution in [2.45, 2.75) is 44.7 Å². The first-order chi connectivity index (χ1) is 14.1. The molecule has 1 aromatic heterocycles. The Bertz CT molecular complexity index is 1070. The molecule has 2 aliphatic rings. The summed E-state index contributed by atoms with van der Waals surface area (Å²) in [5.41, 5.74) is 3.09. The van der Waals surface area contributed by atoms with E-state index >= 15 is 0 Å². The number of benzene rings is 2. The zero-order valence-corrected chi connectivity index (χ0v) is 16.7. The maximum Gasteiger partial charge on any atom is 0.275 e. The van der Waals surface area contributed by atoms with Crippen LogP contribution in [0.25, 0.3) is 16.9 Å². The monoisotopic (exact) mass is 409 g/mol. The van der Waals surface area contributed by atoms with Gasteiger partial charge in [-0.15, -0.1) is 0 Å². The van der Waals surface area contributed by atoms with Crippen molar-refractivity contribution in [1.82, 2.24) is 14.7 Å². The molecular weight excluding hydrogens is 389 g/mol. The Morgan fingerprint density at radius 3 is 2.45 bits per heavy atom. The largest absolute Gasteiger partial charge is 0.330 e. The number of amides is 1. The Kier molecular flexibility index (Phi) is 4.63. The van der Waals surface area contributed by atoms with E-state index in [-0.39, 0.29) is 17.8 Å². The van der Waals surface area contributed by atoms with E-state index in [4.69, 9.17) is 11.6 Å². The number of nitrogens with zero attached hydrogens (tertiary/aromatic N) is 3. The fraction of sp³-hybridized carbons (Fsp3) is 0.304. The standard InChI is InChI=1S/C23H21ClFN3O/c24-15-10-12-17(13-11-15)28-22(18-8-4-5-9-20(18)25)19-14-27(23(29)21(19)26-28)16-6-2-1-3-7-16/h4-5,8-13,16H,1-3,6-7,14H2. The summed E-state index contributed by atoms with van der Waals surface area (Å²) in [5, 5.41) is 5.26. The van der Waals surface area contributed by atoms with Crippen LogP contribution in [0.2, 0.25) is 5.02 Å². The minimum Gasteiger partial charge on any atom is -0.330 e. The summed E-state index contributed by atoms with van der Waals surface area (Å²) < 4.78 is 16.4. The van der Waals surface area contributed by atoms with Gasteiger partial charge in [-0.05, 0) is 49.2 Å². The van der Waals surface area contributed by atoms with Gasteiger partial charge in [0.2, 0.25) is 0 Å². The lowest BCUT2D eigenvalue weighted by molar-refractivity contribution is 0.0653. The van der Waals surface area contributed by atoms with Crippen LogP contribution in [0, 0.1) is 5.82 Å². The molecule has 1 saturated carbocycles. The topological polar surface area (TPSA) is 38.1 Å². The Morgan fingerprint density at radius 1 is 1.00 bits per heavy atom. The van der Waals surface area contributed by atoms with E-state index < -0.39 is 0 Å². The van der Waals surface area contributed by atoms with Gasteiger partial charge in [0.05, 0.1) is 17.9 Å². The third-order valence-corrected chi connectivity index (χ3v) is 6.24. The first-order valence-corrected chi connectivity index (χ1v) is 10.4. The molecule has 0 saturated heterocycles. The molecule has 5 rings (SSSR count). The van der Waals surface area contributed by atoms with Crippen molar-refractivity contribution in [2.24, 2.45) is 0 Å². The highest BCUT2D eigenvalue weighted by Crippen LogP contribution is 2.38. The second-order valence-corrected chi connectivity index (χ2v) is 8.21. The Balaban J connectivity index is 1.64. The number of aromatic nitrogens is 2. The van der Waals surface area contributed by atoms with Crippen molar-refractivity contribution in [3.05, 3.63) is 70.6 Å². The van der Waals surface area contributed by atoms with E-state index in [0.717, 1.165) is 36.9 Å². The van der Waals surface area contributed by atoms with Crippen LogP contribution < -0.4 is 0 Å². The molecule has 1 amide bonds. The molecule has 0 bridgehead atoms. The molecule has 6 heteroatoms. The molecule has 2 heterocycles. The maximum absolute atomic E-state index is 14.8. The predicted molar refractivity (Wildman–Crippen MR) is 111 cm³/mol. The lowest BCUT2D eigenvalue weighted by atomic mass is 9.94. The van der Waals surface area contributed by atoms with Crippen molar-refractivity contribution in [1.29, 1.82) is 0 Å². The van der Waals surface area contributed by atoms with E-state index in [1.165, 1.54) is 12.5 Å². The quantitative estimate of drug-likeness (QED) is 0.563. The fourth-order valence-corrected chi connectivity index (χ4v) is 4.66. The van der Waals surface area contributed by atoms with Crippen LogP contribution in [0.5, 0.6) is 0 Å². The second kappa shape index (κ2) is 7.30. The maximum atomic E-state index is 14.8. The normalized spacial score (nSPS) is 17.0. The molecule has 148 valence electrons. The summed E-state index contributed by atoms with van der Waals surface area (Å²) in [5.74, 6) is -0.369. The van der Waals surface area contributed by atoms with Gasteiger partial charge in [-0.1, -0.05) is 43.0 Å². The van der Waals surface area contributed by atoms with E-state index in [9.17, 15) is 9.18 Å². The number of rotatable bonds is 3. The molecule has 0 unspecified atom stereocenters. The van der Waals surface area contributed by atoms with Crippen LogP contribution in [0.4, 0.5) is 4.39 Å². The zero-order valence-electron chi connectivity index (χ0n) is 15.9. The number of fused-ring (bicyclic) bond motifs is 1. The van der Waals surface area contributed by atoms with E-state index in [1.807, 2.05) is 17.0 Å². The van der Waals surface area contributed by atoms with Gasteiger partial charge in [-0.2, -0.15) is 5.10 Å². The van der Waals surface area contributed by atoms with Crippen LogP contribution >= 0.6 is 11.6 Å². The van der Waals surface area contributed by atoms with Crippen molar-refractivity contribution in [3.63, 3.8) is 0 Å². The van der Waals surface area contributed by atoms with Crippen molar-refractivity contribution in [2.75, 3.05) is 0 Å². The summed E-state index contributed by atoms with van der Waals surface area (Å²) in [4.78, 5) is 15.1. The average Bonchev–Trinajstić information content (AvgIpc) is 3.27. The third kappa shape index (κ3) is 3.14. The molecular formula is C23H21ClFN3O. The molecule has 1 aliphatic carbocycles. The third-order valence-electron chi connectivity index (χ3n) is 5.99. The van der Waals surface area contributed by atoms with Crippen LogP contribution in [0.1, 0.15) is 48.2 Å². The van der Waals surface area contributed by atoms with E-state index in [0.29, 0.717) is 28.5 Å². The predicted octanol–water partition coefficient (Wildman–Crippen LogP) is 5.62. The van der Waals surface area contributed by atoms with Crippen LogP contribution in [-0.4, -0.2) is 26.6 Å². The number of hydrogen-bond donors (Lipinski definition) is 0. The molecule has 0 radical (unpaired) electrons. The molecule has 1 fully saturated rings. The number of carbonyl (C=O) groups is 1. The highest BCUT2D eigenvalue weighted by Gasteiger charge is 2.39. The first kappa shape index (κ1) is 18.4. The van der Waals surface area contributed by atoms with Gasteiger partial charge in [0, 0.05) is 22.2 Å². The summed E-state index contributed by atoms with van der Waals surface area (Å²) in [6, 6.07) is 14.1. The van der Waals surface area contributed by atoms with Crippen LogP contribution in [0.15, 0.2) is 48.5 Å². The average molecular weight is 410 g/mol. The van der Waals surface area contributed by atoms with Crippen LogP contribution in [0.3, 0.4) is 0 Å². The Hall–Kier alpha value is -2.66. The lowest BCUT2D eigenvalue weighted by Crippen LogP contribution is -2.37. The van der Waals surface area contributed by atoms with Gasteiger partial charge < -0.3 is 4.90 Å². The summed E-state index contributed by atoms with van der Waals surface area (Å²) in [6.07, 6.45) is 5.59. The number of halogens is 2. The van der Waals surface area contributed by atoms with Crippen molar-refractivity contribution < 1.29 is 9.18 Å². The molecule has 0 N–H and O–H groups in total. The Morgan fingerprint density at radius 2 is 1.72 bits per heavy atom. The molecule has 1 aliphatic heterocycles. The van der Waals surface area contributed by atoms with Gasteiger partial charge >= 0.3 is 0 Å². The van der Waals surface area contributed by atoms with Gasteiger partial charge in [0.1, 0.15) is 5.82 Å². The molecule has 4 nitrogen and oxygen atoms in total. The van der Waals surface area contributed by atoms with Crippen molar-refractivity contribution in [3.8, 4) is 16.9 Å². The zero-order chi connectivity index (χ0) is 20.0. The van der Waals surface area contributed by atoms with Gasteiger partial charge in [-0.3, -0.25) is 4.79 Å². The lowest BCUT2D eigenvalue weighted by Gasteiger charge is -2.31. The van der Waals surface area contributed by atoms with E-state index in [2.05, 4.69) is 5.10 Å². The van der Waals surface area contributed by atoms with Gasteiger partial charge in [0.15, 0.2) is 5.69 Å². The molecule has 0 spiro atoms. The number of hydrogen-bond acceptors (Lipinski definition) is 2. The first-order valence-electron chi connectivity index (χ1n) is 10.1. The SMILES string of the molecule is O=C1c2nn(-c3ccc(Cl)cc3)c(-c3ccccc3F)c2CN1C1CCCCC1. The molecule has 0 atom stereocenters. The smallest absolute Gasteiger partial charge is 0.275 e. The molecule has 3 aromatic rings. The summed E-state index contributed by atoms with van der Waals surface area (Å²) in [7, 11) is 0. The van der Waals surface area contributed by atoms with Gasteiger partial charge in [-0.25, -0.2) is 9.07 Å². The van der Waals surface area contributed by atoms with Crippen LogP contribution in [-0.2, 0) is 6.54 Å².